The first kappa shape index (κ1) is 15.9. The van der Waals surface area contributed by atoms with E-state index in [1.807, 2.05) is 31.2 Å². The third-order valence-electron chi connectivity index (χ3n) is 3.24. The van der Waals surface area contributed by atoms with Gasteiger partial charge in [-0.3, -0.25) is 0 Å². The molecular formula is C17H22ClNO2. The summed E-state index contributed by atoms with van der Waals surface area (Å²) in [5.41, 5.74) is 2.26. The predicted molar refractivity (Wildman–Crippen MR) is 86.0 cm³/mol. The first-order valence-electron chi connectivity index (χ1n) is 7.28. The third kappa shape index (κ3) is 4.51. The van der Waals surface area contributed by atoms with E-state index < -0.39 is 0 Å². The van der Waals surface area contributed by atoms with E-state index in [0.29, 0.717) is 17.4 Å². The number of benzene rings is 1. The number of rotatable bonds is 7. The molecule has 0 aliphatic heterocycles. The van der Waals surface area contributed by atoms with Crippen molar-refractivity contribution in [2.45, 2.75) is 40.3 Å². The molecule has 0 aliphatic rings. The molecule has 21 heavy (non-hydrogen) atoms. The predicted octanol–water partition coefficient (Wildman–Crippen LogP) is 4.63. The maximum Gasteiger partial charge on any atom is 0.146 e. The molecule has 1 aromatic carbocycles. The Balaban J connectivity index is 1.95. The second-order valence-electron chi connectivity index (χ2n) is 5.22. The molecule has 114 valence electrons. The van der Waals surface area contributed by atoms with Gasteiger partial charge in [-0.05, 0) is 56.1 Å². The molecule has 0 bridgehead atoms. The second kappa shape index (κ2) is 7.53. The standard InChI is InChI=1S/C17H22ClNO2/c1-4-7-19-10-17-13(3)9-14(21-17)11-20-16-6-5-12(2)8-15(16)18/h5-6,8-9,19H,4,7,10-11H2,1-3H3. The third-order valence-corrected chi connectivity index (χ3v) is 3.54. The zero-order valence-corrected chi connectivity index (χ0v) is 13.6. The molecule has 0 unspecified atom stereocenters. The molecule has 0 saturated carbocycles. The maximum atomic E-state index is 6.15. The molecule has 2 rings (SSSR count). The number of hydrogen-bond acceptors (Lipinski definition) is 3. The van der Waals surface area contributed by atoms with Crippen molar-refractivity contribution >= 4 is 11.6 Å². The molecule has 0 spiro atoms. The van der Waals surface area contributed by atoms with Gasteiger partial charge in [-0.2, -0.15) is 0 Å². The topological polar surface area (TPSA) is 34.4 Å². The van der Waals surface area contributed by atoms with Crippen LogP contribution in [-0.4, -0.2) is 6.54 Å². The fourth-order valence-corrected chi connectivity index (χ4v) is 2.38. The first-order chi connectivity index (χ1) is 10.1. The van der Waals surface area contributed by atoms with Gasteiger partial charge >= 0.3 is 0 Å². The minimum Gasteiger partial charge on any atom is -0.484 e. The highest BCUT2D eigenvalue weighted by Crippen LogP contribution is 2.26. The number of ether oxygens (including phenoxy) is 1. The number of hydrogen-bond donors (Lipinski definition) is 1. The average Bonchev–Trinajstić information content (AvgIpc) is 2.79. The van der Waals surface area contributed by atoms with Crippen LogP contribution in [0.1, 0.15) is 36.0 Å². The van der Waals surface area contributed by atoms with Crippen molar-refractivity contribution in [1.82, 2.24) is 5.32 Å². The molecule has 0 aliphatic carbocycles. The second-order valence-corrected chi connectivity index (χ2v) is 5.63. The van der Waals surface area contributed by atoms with E-state index >= 15 is 0 Å². The molecule has 1 heterocycles. The van der Waals surface area contributed by atoms with Crippen molar-refractivity contribution in [1.29, 1.82) is 0 Å². The van der Waals surface area contributed by atoms with Crippen molar-refractivity contribution in [3.63, 3.8) is 0 Å². The van der Waals surface area contributed by atoms with E-state index in [1.54, 1.807) is 0 Å². The average molecular weight is 308 g/mol. The zero-order chi connectivity index (χ0) is 15.2. The van der Waals surface area contributed by atoms with Crippen molar-refractivity contribution in [3.05, 3.63) is 51.9 Å². The highest BCUT2D eigenvalue weighted by Gasteiger charge is 2.09. The lowest BCUT2D eigenvalue weighted by molar-refractivity contribution is 0.265. The summed E-state index contributed by atoms with van der Waals surface area (Å²) in [6, 6.07) is 7.78. The molecule has 0 radical (unpaired) electrons. The van der Waals surface area contributed by atoms with Crippen LogP contribution < -0.4 is 10.1 Å². The molecule has 0 saturated heterocycles. The lowest BCUT2D eigenvalue weighted by Gasteiger charge is -2.07. The van der Waals surface area contributed by atoms with E-state index in [1.165, 1.54) is 0 Å². The van der Waals surface area contributed by atoms with Gasteiger partial charge in [-0.25, -0.2) is 0 Å². The zero-order valence-electron chi connectivity index (χ0n) is 12.8. The number of aryl methyl sites for hydroxylation is 2. The van der Waals surface area contributed by atoms with E-state index in [0.717, 1.165) is 42.2 Å². The lowest BCUT2D eigenvalue weighted by Crippen LogP contribution is -2.13. The minimum absolute atomic E-state index is 0.386. The molecule has 1 N–H and O–H groups in total. The summed E-state index contributed by atoms with van der Waals surface area (Å²) in [5, 5.41) is 3.97. The Kier molecular flexibility index (Phi) is 5.71. The number of halogens is 1. The Morgan fingerprint density at radius 1 is 1.24 bits per heavy atom. The summed E-state index contributed by atoms with van der Waals surface area (Å²) < 4.78 is 11.5. The Hall–Kier alpha value is -1.45. The summed E-state index contributed by atoms with van der Waals surface area (Å²) >= 11 is 6.15. The van der Waals surface area contributed by atoms with E-state index in [4.69, 9.17) is 20.8 Å². The quantitative estimate of drug-likeness (QED) is 0.757. The monoisotopic (exact) mass is 307 g/mol. The summed E-state index contributed by atoms with van der Waals surface area (Å²) in [6.45, 7) is 8.33. The number of nitrogens with one attached hydrogen (secondary N) is 1. The van der Waals surface area contributed by atoms with Crippen molar-refractivity contribution in [3.8, 4) is 5.75 Å². The summed E-state index contributed by atoms with van der Waals surface area (Å²) in [7, 11) is 0. The van der Waals surface area contributed by atoms with E-state index in [2.05, 4.69) is 19.2 Å². The van der Waals surface area contributed by atoms with Crippen molar-refractivity contribution < 1.29 is 9.15 Å². The Bertz CT molecular complexity index is 592. The van der Waals surface area contributed by atoms with Gasteiger partial charge in [0, 0.05) is 0 Å². The van der Waals surface area contributed by atoms with Crippen LogP contribution in [0.3, 0.4) is 0 Å². The largest absolute Gasteiger partial charge is 0.484 e. The molecule has 3 nitrogen and oxygen atoms in total. The SMILES string of the molecule is CCCNCc1oc(COc2ccc(C)cc2Cl)cc1C. The lowest BCUT2D eigenvalue weighted by atomic mass is 10.2. The van der Waals surface area contributed by atoms with Crippen LogP contribution in [0.15, 0.2) is 28.7 Å². The summed E-state index contributed by atoms with van der Waals surface area (Å²) in [6.07, 6.45) is 1.11. The van der Waals surface area contributed by atoms with Crippen molar-refractivity contribution in [2.75, 3.05) is 6.54 Å². The Morgan fingerprint density at radius 3 is 2.76 bits per heavy atom. The van der Waals surface area contributed by atoms with Gasteiger partial charge in [0.25, 0.3) is 0 Å². The Labute approximate surface area is 131 Å². The van der Waals surface area contributed by atoms with Crippen molar-refractivity contribution in [2.24, 2.45) is 0 Å². The van der Waals surface area contributed by atoms with Crippen LogP contribution in [0.2, 0.25) is 5.02 Å². The van der Waals surface area contributed by atoms with Crippen LogP contribution in [0.25, 0.3) is 0 Å². The van der Waals surface area contributed by atoms with Gasteiger partial charge in [0.05, 0.1) is 11.6 Å². The molecule has 0 amide bonds. The molecule has 1 aromatic heterocycles. The fourth-order valence-electron chi connectivity index (χ4n) is 2.09. The van der Waals surface area contributed by atoms with Gasteiger partial charge in [0.2, 0.25) is 0 Å². The van der Waals surface area contributed by atoms with Gasteiger partial charge in [-0.1, -0.05) is 24.6 Å². The Morgan fingerprint density at radius 2 is 2.05 bits per heavy atom. The van der Waals surface area contributed by atoms with E-state index in [-0.39, 0.29) is 0 Å². The van der Waals surface area contributed by atoms with Crippen LogP contribution in [0.5, 0.6) is 5.75 Å². The van der Waals surface area contributed by atoms with Gasteiger partial charge in [-0.15, -0.1) is 0 Å². The fraction of sp³-hybridized carbons (Fsp3) is 0.412. The summed E-state index contributed by atoms with van der Waals surface area (Å²) in [5.74, 6) is 2.47. The smallest absolute Gasteiger partial charge is 0.146 e. The molecule has 0 atom stereocenters. The van der Waals surface area contributed by atoms with Crippen LogP contribution in [0, 0.1) is 13.8 Å². The van der Waals surface area contributed by atoms with Gasteiger partial charge in [0.1, 0.15) is 23.9 Å². The van der Waals surface area contributed by atoms with Crippen LogP contribution in [-0.2, 0) is 13.2 Å². The highest BCUT2D eigenvalue weighted by molar-refractivity contribution is 6.32. The molecule has 0 fully saturated rings. The van der Waals surface area contributed by atoms with Gasteiger partial charge in [0.15, 0.2) is 0 Å². The van der Waals surface area contributed by atoms with Gasteiger partial charge < -0.3 is 14.5 Å². The first-order valence-corrected chi connectivity index (χ1v) is 7.65. The molecule has 4 heteroatoms. The maximum absolute atomic E-state index is 6.15. The normalized spacial score (nSPS) is 10.9. The van der Waals surface area contributed by atoms with Crippen LogP contribution >= 0.6 is 11.6 Å². The highest BCUT2D eigenvalue weighted by atomic mass is 35.5. The minimum atomic E-state index is 0.386. The molecule has 2 aromatic rings. The van der Waals surface area contributed by atoms with E-state index in [9.17, 15) is 0 Å². The van der Waals surface area contributed by atoms with Crippen LogP contribution in [0.4, 0.5) is 0 Å². The number of furan rings is 1. The molecular weight excluding hydrogens is 286 g/mol. The summed E-state index contributed by atoms with van der Waals surface area (Å²) in [4.78, 5) is 0.